The Morgan fingerprint density at radius 1 is 1.12 bits per heavy atom. The Balaban J connectivity index is 1.28. The second-order valence-electron chi connectivity index (χ2n) is 8.66. The Kier molecular flexibility index (Phi) is 7.75. The minimum Gasteiger partial charge on any atom is -0.393 e. The quantitative estimate of drug-likeness (QED) is 0.384. The summed E-state index contributed by atoms with van der Waals surface area (Å²) in [6, 6.07) is 19.1. The number of aromatic nitrogens is 2. The number of likely N-dealkylation sites (tertiary alicyclic amines) is 1. The van der Waals surface area contributed by atoms with Crippen LogP contribution in [0.3, 0.4) is 0 Å². The Morgan fingerprint density at radius 2 is 1.88 bits per heavy atom. The van der Waals surface area contributed by atoms with Gasteiger partial charge in [0.25, 0.3) is 0 Å². The first-order valence-corrected chi connectivity index (χ1v) is 11.7. The van der Waals surface area contributed by atoms with E-state index in [0.29, 0.717) is 6.54 Å². The van der Waals surface area contributed by atoms with Gasteiger partial charge in [-0.05, 0) is 54.7 Å². The predicted octanol–water partition coefficient (Wildman–Crippen LogP) is 3.26. The Hall–Kier alpha value is -3.16. The normalized spacial score (nSPS) is 16.5. The van der Waals surface area contributed by atoms with Crippen molar-refractivity contribution in [3.63, 3.8) is 0 Å². The first-order chi connectivity index (χ1) is 16.1. The van der Waals surface area contributed by atoms with Crippen LogP contribution in [0, 0.1) is 0 Å². The fourth-order valence-electron chi connectivity index (χ4n) is 4.13. The molecule has 7 heteroatoms. The van der Waals surface area contributed by atoms with Gasteiger partial charge in [0.1, 0.15) is 0 Å². The number of hydrogen-bond donors (Lipinski definition) is 3. The number of aliphatic hydroxyl groups excluding tert-OH is 1. The van der Waals surface area contributed by atoms with Crippen LogP contribution < -0.4 is 10.6 Å². The fourth-order valence-corrected chi connectivity index (χ4v) is 4.13. The minimum atomic E-state index is -0.124. The molecule has 4 rings (SSSR count). The third-order valence-corrected chi connectivity index (χ3v) is 6.16. The molecule has 0 radical (unpaired) electrons. The molecule has 0 bridgehead atoms. The molecule has 2 heterocycles. The van der Waals surface area contributed by atoms with Crippen molar-refractivity contribution in [1.82, 2.24) is 25.3 Å². The summed E-state index contributed by atoms with van der Waals surface area (Å²) in [6.45, 7) is 5.71. The van der Waals surface area contributed by atoms with Gasteiger partial charge in [0.15, 0.2) is 5.96 Å². The Morgan fingerprint density at radius 3 is 2.58 bits per heavy atom. The van der Waals surface area contributed by atoms with Crippen LogP contribution in [0.1, 0.15) is 42.5 Å². The third-order valence-electron chi connectivity index (χ3n) is 6.16. The molecule has 0 saturated carbocycles. The topological polar surface area (TPSA) is 77.7 Å². The van der Waals surface area contributed by atoms with Crippen molar-refractivity contribution < 1.29 is 5.11 Å². The molecule has 1 fully saturated rings. The van der Waals surface area contributed by atoms with E-state index in [1.165, 1.54) is 16.7 Å². The number of hydrogen-bond acceptors (Lipinski definition) is 4. The zero-order valence-corrected chi connectivity index (χ0v) is 19.5. The molecule has 1 aliphatic rings. The molecule has 1 unspecified atom stereocenters. The summed E-state index contributed by atoms with van der Waals surface area (Å²) in [7, 11) is 1.79. The highest BCUT2D eigenvalue weighted by molar-refractivity contribution is 5.80. The highest BCUT2D eigenvalue weighted by Gasteiger charge is 2.16. The van der Waals surface area contributed by atoms with E-state index < -0.39 is 0 Å². The first-order valence-electron chi connectivity index (χ1n) is 11.7. The summed E-state index contributed by atoms with van der Waals surface area (Å²) in [5.41, 5.74) is 4.72. The van der Waals surface area contributed by atoms with E-state index in [9.17, 15) is 5.11 Å². The number of piperidine rings is 1. The molecule has 1 aliphatic heterocycles. The second kappa shape index (κ2) is 11.1. The maximum absolute atomic E-state index is 9.67. The van der Waals surface area contributed by atoms with Crippen LogP contribution in [-0.2, 0) is 13.1 Å². The lowest BCUT2D eigenvalue weighted by Crippen LogP contribution is -2.38. The van der Waals surface area contributed by atoms with Crippen molar-refractivity contribution in [1.29, 1.82) is 0 Å². The molecule has 1 saturated heterocycles. The van der Waals surface area contributed by atoms with Gasteiger partial charge in [-0.3, -0.25) is 9.89 Å². The van der Waals surface area contributed by atoms with Crippen LogP contribution in [0.5, 0.6) is 0 Å². The van der Waals surface area contributed by atoms with Crippen molar-refractivity contribution >= 4 is 5.96 Å². The fraction of sp³-hybridized carbons (Fsp3) is 0.385. The largest absolute Gasteiger partial charge is 0.393 e. The van der Waals surface area contributed by atoms with Crippen LogP contribution in [0.2, 0.25) is 0 Å². The van der Waals surface area contributed by atoms with Gasteiger partial charge in [0.05, 0.1) is 17.8 Å². The molecule has 0 aliphatic carbocycles. The molecule has 2 aromatic carbocycles. The van der Waals surface area contributed by atoms with Crippen molar-refractivity contribution in [3.8, 4) is 5.69 Å². The molecular weight excluding hydrogens is 412 g/mol. The van der Waals surface area contributed by atoms with Gasteiger partial charge in [0, 0.05) is 45.6 Å². The van der Waals surface area contributed by atoms with Crippen molar-refractivity contribution in [2.45, 2.75) is 45.0 Å². The first kappa shape index (κ1) is 23.0. The van der Waals surface area contributed by atoms with Crippen LogP contribution in [0.15, 0.2) is 72.0 Å². The highest BCUT2D eigenvalue weighted by Crippen LogP contribution is 2.17. The number of nitrogens with one attached hydrogen (secondary N) is 2. The average Bonchev–Trinajstić information content (AvgIpc) is 3.39. The molecule has 174 valence electrons. The standard InChI is InChI=1S/C26H34N6O/c1-20(23-5-3-6-24(17-23)32-14-4-13-29-32)30-26(27-2)28-18-21-7-9-22(10-8-21)19-31-15-11-25(33)12-16-31/h3-10,13-14,17,20,25,33H,11-12,15-16,18-19H2,1-2H3,(H2,27,28,30). The third kappa shape index (κ3) is 6.43. The number of aliphatic imine (C=N–C) groups is 1. The molecule has 33 heavy (non-hydrogen) atoms. The average molecular weight is 447 g/mol. The Labute approximate surface area is 196 Å². The van der Waals surface area contributed by atoms with Gasteiger partial charge in [0.2, 0.25) is 0 Å². The molecule has 3 aromatic rings. The summed E-state index contributed by atoms with van der Waals surface area (Å²) in [5, 5.41) is 20.9. The van der Waals surface area contributed by atoms with Gasteiger partial charge in [-0.2, -0.15) is 5.10 Å². The lowest BCUT2D eigenvalue weighted by atomic mass is 10.1. The maximum Gasteiger partial charge on any atom is 0.191 e. The summed E-state index contributed by atoms with van der Waals surface area (Å²) < 4.78 is 1.86. The smallest absolute Gasteiger partial charge is 0.191 e. The summed E-state index contributed by atoms with van der Waals surface area (Å²) in [5.74, 6) is 0.767. The number of rotatable bonds is 7. The molecule has 3 N–H and O–H groups in total. The van der Waals surface area contributed by atoms with Crippen LogP contribution in [-0.4, -0.2) is 52.0 Å². The van der Waals surface area contributed by atoms with Gasteiger partial charge in [-0.25, -0.2) is 4.68 Å². The summed E-state index contributed by atoms with van der Waals surface area (Å²) in [6.07, 6.45) is 5.35. The van der Waals surface area contributed by atoms with E-state index in [2.05, 4.69) is 75.0 Å². The van der Waals surface area contributed by atoms with E-state index in [1.54, 1.807) is 13.2 Å². The minimum absolute atomic E-state index is 0.0946. The van der Waals surface area contributed by atoms with Crippen LogP contribution in [0.4, 0.5) is 0 Å². The van der Waals surface area contributed by atoms with E-state index in [-0.39, 0.29) is 12.1 Å². The molecule has 7 nitrogen and oxygen atoms in total. The van der Waals surface area contributed by atoms with Crippen LogP contribution >= 0.6 is 0 Å². The van der Waals surface area contributed by atoms with E-state index in [4.69, 9.17) is 0 Å². The summed E-state index contributed by atoms with van der Waals surface area (Å²) in [4.78, 5) is 6.80. The lowest BCUT2D eigenvalue weighted by Gasteiger charge is -2.29. The van der Waals surface area contributed by atoms with Gasteiger partial charge in [-0.15, -0.1) is 0 Å². The predicted molar refractivity (Wildman–Crippen MR) is 132 cm³/mol. The molecule has 0 amide bonds. The zero-order chi connectivity index (χ0) is 23.0. The maximum atomic E-state index is 9.67. The van der Waals surface area contributed by atoms with Gasteiger partial charge >= 0.3 is 0 Å². The van der Waals surface area contributed by atoms with Crippen molar-refractivity contribution in [2.75, 3.05) is 20.1 Å². The number of nitrogens with zero attached hydrogens (tertiary/aromatic N) is 4. The number of benzene rings is 2. The molecule has 0 spiro atoms. The van der Waals surface area contributed by atoms with Crippen LogP contribution in [0.25, 0.3) is 5.69 Å². The van der Waals surface area contributed by atoms with Gasteiger partial charge in [-0.1, -0.05) is 36.4 Å². The zero-order valence-electron chi connectivity index (χ0n) is 19.5. The second-order valence-corrected chi connectivity index (χ2v) is 8.66. The van der Waals surface area contributed by atoms with Gasteiger partial charge < -0.3 is 15.7 Å². The molecule has 1 atom stereocenters. The van der Waals surface area contributed by atoms with E-state index in [0.717, 1.165) is 44.1 Å². The SMILES string of the molecule is CN=C(NCc1ccc(CN2CCC(O)CC2)cc1)NC(C)c1cccc(-n2cccn2)c1. The highest BCUT2D eigenvalue weighted by atomic mass is 16.3. The van der Waals surface area contributed by atoms with E-state index in [1.807, 2.05) is 23.0 Å². The molecular formula is C26H34N6O. The number of aliphatic hydroxyl groups is 1. The Bertz CT molecular complexity index is 1020. The number of guanidine groups is 1. The van der Waals surface area contributed by atoms with Crippen molar-refractivity contribution in [2.24, 2.45) is 4.99 Å². The molecule has 1 aromatic heterocycles. The summed E-state index contributed by atoms with van der Waals surface area (Å²) >= 11 is 0. The monoisotopic (exact) mass is 446 g/mol. The van der Waals surface area contributed by atoms with Crippen molar-refractivity contribution in [3.05, 3.63) is 83.7 Å². The van der Waals surface area contributed by atoms with E-state index >= 15 is 0 Å². The lowest BCUT2D eigenvalue weighted by molar-refractivity contribution is 0.0792.